The van der Waals surface area contributed by atoms with Gasteiger partial charge in [0.1, 0.15) is 64.2 Å². The number of unbranched alkanes of at least 4 members (excludes halogenated alkanes) is 1. The summed E-state index contributed by atoms with van der Waals surface area (Å²) in [6, 6.07) is 9.08. The summed E-state index contributed by atoms with van der Waals surface area (Å²) in [4.78, 5) is 151. The highest BCUT2D eigenvalue weighted by atomic mass is 31.2. The number of carbonyl (C=O) groups is 7. The molecule has 5 bridgehead atoms. The van der Waals surface area contributed by atoms with Gasteiger partial charge in [0.2, 0.25) is 11.8 Å². The van der Waals surface area contributed by atoms with Gasteiger partial charge in [-0.25, -0.2) is 4.99 Å². The van der Waals surface area contributed by atoms with Crippen LogP contribution in [0.1, 0.15) is 152 Å². The lowest BCUT2D eigenvalue weighted by Crippen LogP contribution is -2.50. The SMILES string of the molecule is CCC(=O)Oc1cc(C)c(OCCCCC(P(=O)(O)O)P(=O)(O)O)c(C)c1CCC(=O)N[C@@H](Cc1ccccc1)C(=O)N(C)CC(=O)O[C@@H]1[C@@H](C)[C@@H](O)[C@@H](C)[C@H](OC(C)=O)[C@H](C)[C@@H](OC)/C=C/O[C@@]2(C)Oc3c(C)c(O)c4c(O)c(c5c(c4c3C2=O)NC2(CCN(CC(C)C)CC2)N=5)=NC(=O)/C(C)=C\C=C\[C@@H]1C. The van der Waals surface area contributed by atoms with E-state index in [1.807, 2.05) is 0 Å². The number of likely N-dealkylation sites (tertiary alicyclic amines) is 1. The van der Waals surface area contributed by atoms with Crippen molar-refractivity contribution < 1.29 is 111 Å². The van der Waals surface area contributed by atoms with E-state index in [-0.39, 0.29) is 101 Å². The number of allylic oxidation sites excluding steroid dienone is 2. The van der Waals surface area contributed by atoms with Gasteiger partial charge in [0.05, 0.1) is 41.7 Å². The topological polar surface area (TPSA) is 415 Å². The molecule has 0 aliphatic carbocycles. The molecule has 1 fully saturated rings. The number of piperidine rings is 1. The number of fused-ring (bicyclic) bond motifs is 13. The molecule has 0 radical (unpaired) electrons. The van der Waals surface area contributed by atoms with E-state index in [1.54, 1.807) is 90.9 Å². The average Bonchev–Trinajstić information content (AvgIpc) is 1.51. The predicted molar refractivity (Wildman–Crippen MR) is 399 cm³/mol. The third-order valence-electron chi connectivity index (χ3n) is 20.6. The minimum absolute atomic E-state index is 0.00876. The number of amides is 3. The van der Waals surface area contributed by atoms with Gasteiger partial charge >= 0.3 is 38.9 Å². The molecule has 0 unspecified atom stereocenters. The molecule has 5 aliphatic heterocycles. The van der Waals surface area contributed by atoms with Gasteiger partial charge < -0.3 is 88.5 Å². The number of phenols is 2. The van der Waals surface area contributed by atoms with Crippen molar-refractivity contribution in [3.63, 3.8) is 0 Å². The number of esters is 3. The Labute approximate surface area is 628 Å². The van der Waals surface area contributed by atoms with Crippen molar-refractivity contribution in [2.75, 3.05) is 52.3 Å². The van der Waals surface area contributed by atoms with Gasteiger partial charge in [-0.15, -0.1) is 0 Å². The first-order valence-corrected chi connectivity index (χ1v) is 39.8. The molecule has 590 valence electrons. The fourth-order valence-corrected chi connectivity index (χ4v) is 17.2. The summed E-state index contributed by atoms with van der Waals surface area (Å²) in [6.45, 7) is 23.0. The van der Waals surface area contributed by atoms with E-state index < -0.39 is 152 Å². The summed E-state index contributed by atoms with van der Waals surface area (Å²) < 4.78 is 66.5. The van der Waals surface area contributed by atoms with Crippen LogP contribution in [0.2, 0.25) is 0 Å². The number of carbonyl (C=O) groups excluding carboxylic acids is 7. The van der Waals surface area contributed by atoms with Crippen LogP contribution >= 0.6 is 15.2 Å². The number of ether oxygens (including phenoxy) is 7. The van der Waals surface area contributed by atoms with Gasteiger partial charge in [0.15, 0.2) is 11.1 Å². The highest BCUT2D eigenvalue weighted by molar-refractivity contribution is 7.70. The number of rotatable bonds is 24. The zero-order chi connectivity index (χ0) is 79.8. The van der Waals surface area contributed by atoms with Crippen LogP contribution in [-0.2, 0) is 69.7 Å². The number of aryl methyl sites for hydroxylation is 1. The monoisotopic (exact) mass is 1540 g/mol. The summed E-state index contributed by atoms with van der Waals surface area (Å²) in [5, 5.41) is 41.1. The standard InChI is InChI=1S/C77H104N6O23P2/c1-16-57(86)104-55-37-44(6)69(101-35-21-20-27-59(107(94,95)96)108(97,98)99)45(7)52(55)28-29-56(85)78-53(38-51-25-18-17-19-26-51)75(93)82(14)40-58(87)105-70-42(4)23-22-24-43(5)74(92)79-65-64-63(80-77(81-64)31-33-83(34-32-77)39-41(2)3)60-61(68(65)90)67(89)49(11)72-62(60)73(91)76(13,106-72)102-36-30-54(100-15)46(8)71(103-50(12)84)48(10)66(88)47(70)9/h17-19,22-26,30,36-37,41-42,46-48,53-54,59,66,70-71,80,88-90H,16,20-21,27-29,31-35,38-40H2,1-15H3,(H,78,85)(H2,94,95,96)(H2,97,98,99)/b23-22+,36-30+,43-24-,79-65?/t42-,46+,47-,48+,53-,54-,66+,70-,71+,76-/m0/s1. The molecule has 0 saturated carbocycles. The molecule has 5 heterocycles. The average molecular weight is 1540 g/mol. The lowest BCUT2D eigenvalue weighted by atomic mass is 9.78. The van der Waals surface area contributed by atoms with Crippen LogP contribution in [0.25, 0.3) is 10.8 Å². The maximum absolute atomic E-state index is 15.1. The summed E-state index contributed by atoms with van der Waals surface area (Å²) >= 11 is 0. The number of anilines is 1. The molecular formula is C77H104N6O23P2. The van der Waals surface area contributed by atoms with Crippen LogP contribution in [0, 0.1) is 50.4 Å². The lowest BCUT2D eigenvalue weighted by Gasteiger charge is -2.39. The van der Waals surface area contributed by atoms with E-state index in [9.17, 15) is 72.8 Å². The van der Waals surface area contributed by atoms with Gasteiger partial charge in [-0.2, -0.15) is 0 Å². The predicted octanol–water partition coefficient (Wildman–Crippen LogP) is 8.28. The van der Waals surface area contributed by atoms with Gasteiger partial charge in [0.25, 0.3) is 11.7 Å². The normalized spacial score (nSPS) is 24.0. The van der Waals surface area contributed by atoms with E-state index in [0.29, 0.717) is 59.9 Å². The number of aliphatic hydroxyl groups is 1. The van der Waals surface area contributed by atoms with Crippen LogP contribution in [0.3, 0.4) is 0 Å². The molecule has 9 N–H and O–H groups in total. The van der Waals surface area contributed by atoms with Crippen LogP contribution in [0.15, 0.2) is 82.5 Å². The molecule has 3 amide bonds. The molecular weight excluding hydrogens is 1440 g/mol. The minimum Gasteiger partial charge on any atom is -0.507 e. The number of likely N-dealkylation sites (N-methyl/N-ethyl adjacent to an activating group) is 1. The van der Waals surface area contributed by atoms with Crippen molar-refractivity contribution in [2.45, 2.75) is 195 Å². The van der Waals surface area contributed by atoms with E-state index >= 15 is 4.79 Å². The number of Topliss-reactive ketones (excluding diaryl/α,β-unsaturated/α-hetero) is 1. The van der Waals surface area contributed by atoms with Crippen molar-refractivity contribution in [1.29, 1.82) is 0 Å². The molecule has 4 aromatic rings. The smallest absolute Gasteiger partial charge is 0.340 e. The number of aliphatic hydroxyl groups excluding tert-OH is 1. The third-order valence-corrected chi connectivity index (χ3v) is 24.5. The fourth-order valence-electron chi connectivity index (χ4n) is 14.6. The maximum atomic E-state index is 15.1. The van der Waals surface area contributed by atoms with Crippen molar-refractivity contribution in [3.8, 4) is 28.7 Å². The Morgan fingerprint density at radius 2 is 1.52 bits per heavy atom. The Morgan fingerprint density at radius 3 is 2.14 bits per heavy atom. The number of methoxy groups -OCH3 is 1. The van der Waals surface area contributed by atoms with Crippen LogP contribution in [0.5, 0.6) is 28.7 Å². The number of hydrogen-bond donors (Lipinski definition) is 9. The molecule has 31 heteroatoms. The van der Waals surface area contributed by atoms with Gasteiger partial charge in [0, 0.05) is 126 Å². The van der Waals surface area contributed by atoms with Gasteiger partial charge in [-0.05, 0) is 88.1 Å². The second kappa shape index (κ2) is 35.5. The summed E-state index contributed by atoms with van der Waals surface area (Å²) in [5.41, 5.74) is 1.46. The molecule has 9 rings (SSSR count). The quantitative estimate of drug-likeness (QED) is 0.0105. The number of nitrogens with one attached hydrogen (secondary N) is 2. The van der Waals surface area contributed by atoms with Crippen molar-refractivity contribution in [3.05, 3.63) is 117 Å². The van der Waals surface area contributed by atoms with Crippen molar-refractivity contribution in [2.24, 2.45) is 39.6 Å². The second-order valence-electron chi connectivity index (χ2n) is 29.4. The van der Waals surface area contributed by atoms with E-state index in [2.05, 4.69) is 34.4 Å². The Kier molecular flexibility index (Phi) is 28.1. The molecule has 29 nitrogen and oxygen atoms in total. The first-order valence-electron chi connectivity index (χ1n) is 36.4. The zero-order valence-electron chi connectivity index (χ0n) is 63.9. The third kappa shape index (κ3) is 19.8. The Bertz CT molecular complexity index is 4370. The Morgan fingerprint density at radius 1 is 0.861 bits per heavy atom. The number of phenolic OH excluding ortho intramolecular Hbond substituents is 2. The Balaban J connectivity index is 1.10. The van der Waals surface area contributed by atoms with Gasteiger partial charge in [-0.3, -0.25) is 47.7 Å². The number of ketones is 1. The first-order chi connectivity index (χ1) is 50.7. The number of hydrogen-bond acceptors (Lipinski definition) is 22. The van der Waals surface area contributed by atoms with Crippen LogP contribution < -0.4 is 35.6 Å². The lowest BCUT2D eigenvalue weighted by molar-refractivity contribution is -0.166. The van der Waals surface area contributed by atoms with Crippen LogP contribution in [-0.4, -0.2) is 180 Å². The van der Waals surface area contributed by atoms with Crippen molar-refractivity contribution in [1.82, 2.24) is 15.1 Å². The van der Waals surface area contributed by atoms with E-state index in [4.69, 9.17) is 38.2 Å². The zero-order valence-corrected chi connectivity index (χ0v) is 65.7. The fraction of sp³-hybridized carbons (Fsp3) is 0.545. The highest BCUT2D eigenvalue weighted by Gasteiger charge is 2.51. The summed E-state index contributed by atoms with van der Waals surface area (Å²) in [6.07, 6.45) is 2.92. The number of aromatic hydroxyl groups is 2. The van der Waals surface area contributed by atoms with Crippen LogP contribution in [0.4, 0.5) is 5.69 Å². The summed E-state index contributed by atoms with van der Waals surface area (Å²) in [5.74, 6) is -10.8. The largest absolute Gasteiger partial charge is 0.507 e. The second-order valence-corrected chi connectivity index (χ2v) is 33.4. The molecule has 1 spiro atoms. The molecule has 10 atom stereocenters. The molecule has 1 saturated heterocycles. The van der Waals surface area contributed by atoms with Gasteiger partial charge in [-0.1, -0.05) is 97.0 Å². The molecule has 4 aromatic carbocycles. The van der Waals surface area contributed by atoms with E-state index in [1.165, 1.54) is 66.3 Å². The number of benzene rings is 4. The minimum atomic E-state index is -5.13. The molecule has 108 heavy (non-hydrogen) atoms. The molecule has 0 aromatic heterocycles. The first kappa shape index (κ1) is 85.2. The van der Waals surface area contributed by atoms with Crippen molar-refractivity contribution >= 4 is 73.1 Å². The number of nitrogens with zero attached hydrogens (tertiary/aromatic N) is 4. The highest BCUT2D eigenvalue weighted by Crippen LogP contribution is 2.62. The van der Waals surface area contributed by atoms with E-state index in [0.717, 1.165) is 11.4 Å². The Hall–Kier alpha value is -8.37. The molecule has 5 aliphatic rings. The summed E-state index contributed by atoms with van der Waals surface area (Å²) in [7, 11) is -7.51. The maximum Gasteiger partial charge on any atom is 0.340 e.